The van der Waals surface area contributed by atoms with E-state index in [1.807, 2.05) is 13.8 Å². The maximum atomic E-state index is 12.6. The van der Waals surface area contributed by atoms with Crippen molar-refractivity contribution < 1.29 is 13.2 Å². The van der Waals surface area contributed by atoms with E-state index in [2.05, 4.69) is 18.2 Å². The fourth-order valence-electron chi connectivity index (χ4n) is 2.84. The molecule has 5 nitrogen and oxygen atoms in total. The summed E-state index contributed by atoms with van der Waals surface area (Å²) in [6.45, 7) is 5.49. The van der Waals surface area contributed by atoms with Crippen molar-refractivity contribution in [1.29, 1.82) is 0 Å². The Morgan fingerprint density at radius 3 is 2.48 bits per heavy atom. The van der Waals surface area contributed by atoms with Crippen molar-refractivity contribution in [3.05, 3.63) is 45.8 Å². The zero-order chi connectivity index (χ0) is 19.6. The second kappa shape index (κ2) is 8.53. The maximum Gasteiger partial charge on any atom is 0.252 e. The molecule has 1 aliphatic heterocycles. The van der Waals surface area contributed by atoms with Gasteiger partial charge in [-0.25, -0.2) is 8.42 Å². The molecular formula is C18H21ClN2O3S3. The lowest BCUT2D eigenvalue weighted by Gasteiger charge is -2.33. The van der Waals surface area contributed by atoms with Gasteiger partial charge in [0.1, 0.15) is 4.21 Å². The highest BCUT2D eigenvalue weighted by molar-refractivity contribution is 8.00. The number of carbonyl (C=O) groups excluding carboxylic acids is 1. The highest BCUT2D eigenvalue weighted by atomic mass is 35.5. The van der Waals surface area contributed by atoms with Crippen LogP contribution in [0.5, 0.6) is 0 Å². The van der Waals surface area contributed by atoms with Gasteiger partial charge in [0.25, 0.3) is 10.0 Å². The largest absolute Gasteiger partial charge is 0.339 e. The first-order valence-electron chi connectivity index (χ1n) is 8.50. The fourth-order valence-corrected chi connectivity index (χ4v) is 6.92. The van der Waals surface area contributed by atoms with Crippen LogP contribution in [0.25, 0.3) is 0 Å². The quantitative estimate of drug-likeness (QED) is 0.660. The molecule has 0 bridgehead atoms. The first kappa shape index (κ1) is 20.7. The summed E-state index contributed by atoms with van der Waals surface area (Å²) >= 11 is 8.44. The van der Waals surface area contributed by atoms with E-state index in [1.54, 1.807) is 11.0 Å². The Labute approximate surface area is 173 Å². The molecule has 0 spiro atoms. The zero-order valence-electron chi connectivity index (χ0n) is 15.1. The number of piperazine rings is 1. The smallest absolute Gasteiger partial charge is 0.252 e. The SMILES string of the molecule is Cc1ccc(C)c(SCC(=O)N2CCN(S(=O)(=O)c3ccc(Cl)s3)CC2)c1. The standard InChI is InChI=1S/C18H21ClN2O3S3/c1-13-3-4-14(2)15(11-13)25-12-17(22)20-7-9-21(10-8-20)27(23,24)18-6-5-16(19)26-18/h3-6,11H,7-10,12H2,1-2H3. The van der Waals surface area contributed by atoms with Crippen LogP contribution in [0.3, 0.4) is 0 Å². The minimum Gasteiger partial charge on any atom is -0.339 e. The van der Waals surface area contributed by atoms with Gasteiger partial charge in [0, 0.05) is 31.1 Å². The molecule has 3 rings (SSSR count). The predicted octanol–water partition coefficient (Wildman–Crippen LogP) is 3.64. The molecule has 1 saturated heterocycles. The summed E-state index contributed by atoms with van der Waals surface area (Å²) in [6, 6.07) is 9.32. The van der Waals surface area contributed by atoms with E-state index < -0.39 is 10.0 Å². The number of amides is 1. The van der Waals surface area contributed by atoms with Gasteiger partial charge in [-0.1, -0.05) is 29.3 Å². The molecule has 0 N–H and O–H groups in total. The van der Waals surface area contributed by atoms with E-state index >= 15 is 0 Å². The highest BCUT2D eigenvalue weighted by Crippen LogP contribution is 2.29. The topological polar surface area (TPSA) is 57.7 Å². The van der Waals surface area contributed by atoms with E-state index in [4.69, 9.17) is 11.6 Å². The molecule has 2 heterocycles. The summed E-state index contributed by atoms with van der Waals surface area (Å²) in [5, 5.41) is 0. The summed E-state index contributed by atoms with van der Waals surface area (Å²) in [7, 11) is -3.53. The molecule has 0 atom stereocenters. The van der Waals surface area contributed by atoms with E-state index in [0.29, 0.717) is 36.3 Å². The lowest BCUT2D eigenvalue weighted by atomic mass is 10.2. The molecule has 1 fully saturated rings. The van der Waals surface area contributed by atoms with Crippen LogP contribution < -0.4 is 0 Å². The number of carbonyl (C=O) groups is 1. The zero-order valence-corrected chi connectivity index (χ0v) is 18.3. The van der Waals surface area contributed by atoms with Crippen molar-refractivity contribution >= 4 is 50.6 Å². The number of hydrogen-bond donors (Lipinski definition) is 0. The van der Waals surface area contributed by atoms with Crippen molar-refractivity contribution in [2.24, 2.45) is 0 Å². The van der Waals surface area contributed by atoms with E-state index in [9.17, 15) is 13.2 Å². The lowest BCUT2D eigenvalue weighted by Crippen LogP contribution is -2.50. The molecule has 9 heteroatoms. The van der Waals surface area contributed by atoms with Gasteiger partial charge in [0.05, 0.1) is 10.1 Å². The summed E-state index contributed by atoms with van der Waals surface area (Å²) in [4.78, 5) is 15.4. The minimum absolute atomic E-state index is 0.0390. The number of nitrogens with zero attached hydrogens (tertiary/aromatic N) is 2. The molecule has 27 heavy (non-hydrogen) atoms. The highest BCUT2D eigenvalue weighted by Gasteiger charge is 2.31. The van der Waals surface area contributed by atoms with Gasteiger partial charge in [0.2, 0.25) is 5.91 Å². The van der Waals surface area contributed by atoms with Crippen molar-refractivity contribution in [3.8, 4) is 0 Å². The Bertz CT molecular complexity index is 935. The number of halogens is 1. The molecule has 0 radical (unpaired) electrons. The number of hydrogen-bond acceptors (Lipinski definition) is 5. The van der Waals surface area contributed by atoms with E-state index in [0.717, 1.165) is 21.8 Å². The Morgan fingerprint density at radius 2 is 1.85 bits per heavy atom. The number of rotatable bonds is 5. The number of thiophene rings is 1. The molecule has 0 saturated carbocycles. The van der Waals surface area contributed by atoms with Crippen LogP contribution in [0.15, 0.2) is 39.4 Å². The van der Waals surface area contributed by atoms with Gasteiger partial charge in [-0.05, 0) is 37.6 Å². The van der Waals surface area contributed by atoms with E-state index in [1.165, 1.54) is 27.7 Å². The van der Waals surface area contributed by atoms with Gasteiger partial charge in [-0.15, -0.1) is 23.1 Å². The first-order chi connectivity index (χ1) is 12.8. The normalized spacial score (nSPS) is 15.9. The molecule has 2 aromatic rings. The fraction of sp³-hybridized carbons (Fsp3) is 0.389. The summed E-state index contributed by atoms with van der Waals surface area (Å²) < 4.78 is 27.4. The van der Waals surface area contributed by atoms with Gasteiger partial charge < -0.3 is 4.90 Å². The second-order valence-corrected chi connectivity index (χ2v) is 11.3. The molecular weight excluding hydrogens is 424 g/mol. The van der Waals surface area contributed by atoms with Crippen molar-refractivity contribution in [3.63, 3.8) is 0 Å². The Hall–Kier alpha value is -1.06. The van der Waals surface area contributed by atoms with Crippen LogP contribution in [0.4, 0.5) is 0 Å². The number of benzene rings is 1. The van der Waals surface area contributed by atoms with Crippen LogP contribution in [-0.4, -0.2) is 55.5 Å². The van der Waals surface area contributed by atoms with Gasteiger partial charge in [-0.2, -0.15) is 4.31 Å². The van der Waals surface area contributed by atoms with Crippen molar-refractivity contribution in [1.82, 2.24) is 9.21 Å². The van der Waals surface area contributed by atoms with Crippen LogP contribution >= 0.6 is 34.7 Å². The molecule has 1 amide bonds. The van der Waals surface area contributed by atoms with E-state index in [-0.39, 0.29) is 10.1 Å². The molecule has 1 aliphatic rings. The summed E-state index contributed by atoms with van der Waals surface area (Å²) in [5.74, 6) is 0.398. The van der Waals surface area contributed by atoms with Gasteiger partial charge >= 0.3 is 0 Å². The third kappa shape index (κ3) is 4.86. The van der Waals surface area contributed by atoms with Crippen molar-refractivity contribution in [2.75, 3.05) is 31.9 Å². The third-order valence-corrected chi connectivity index (χ3v) is 9.17. The predicted molar refractivity (Wildman–Crippen MR) is 111 cm³/mol. The Morgan fingerprint density at radius 1 is 1.15 bits per heavy atom. The van der Waals surface area contributed by atoms with Crippen LogP contribution in [0, 0.1) is 13.8 Å². The minimum atomic E-state index is -3.53. The Balaban J connectivity index is 1.55. The number of aryl methyl sites for hydroxylation is 2. The molecule has 1 aromatic carbocycles. The molecule has 0 aliphatic carbocycles. The van der Waals surface area contributed by atoms with Gasteiger partial charge in [-0.3, -0.25) is 4.79 Å². The first-order valence-corrected chi connectivity index (χ1v) is 12.1. The molecule has 146 valence electrons. The second-order valence-electron chi connectivity index (χ2n) is 6.40. The number of sulfonamides is 1. The summed E-state index contributed by atoms with van der Waals surface area (Å²) in [6.07, 6.45) is 0. The monoisotopic (exact) mass is 444 g/mol. The third-order valence-electron chi connectivity index (χ3n) is 4.43. The maximum absolute atomic E-state index is 12.6. The number of thioether (sulfide) groups is 1. The molecule has 0 unspecified atom stereocenters. The molecule has 1 aromatic heterocycles. The van der Waals surface area contributed by atoms with Crippen molar-refractivity contribution in [2.45, 2.75) is 23.0 Å². The van der Waals surface area contributed by atoms with Gasteiger partial charge in [0.15, 0.2) is 0 Å². The Kier molecular flexibility index (Phi) is 6.53. The van der Waals surface area contributed by atoms with Crippen LogP contribution in [0.1, 0.15) is 11.1 Å². The van der Waals surface area contributed by atoms with Crippen LogP contribution in [-0.2, 0) is 14.8 Å². The summed E-state index contributed by atoms with van der Waals surface area (Å²) in [5.41, 5.74) is 2.33. The average molecular weight is 445 g/mol. The lowest BCUT2D eigenvalue weighted by molar-refractivity contribution is -0.129. The average Bonchev–Trinajstić information content (AvgIpc) is 3.09. The van der Waals surface area contributed by atoms with Crippen LogP contribution in [0.2, 0.25) is 4.34 Å².